The summed E-state index contributed by atoms with van der Waals surface area (Å²) in [6.45, 7) is 4.22. The second-order valence-electron chi connectivity index (χ2n) is 16.2. The molecule has 1 unspecified atom stereocenters. The number of piperidine rings is 2. The van der Waals surface area contributed by atoms with Gasteiger partial charge in [0.05, 0.1) is 11.3 Å². The molecule has 4 N–H and O–H groups in total. The highest BCUT2D eigenvalue weighted by Crippen LogP contribution is 2.33. The Morgan fingerprint density at radius 3 is 2.20 bits per heavy atom. The summed E-state index contributed by atoms with van der Waals surface area (Å²) in [6.07, 6.45) is 7.75. The molecule has 0 saturated carbocycles. The second-order valence-corrected chi connectivity index (χ2v) is 17.9. The zero-order valence-electron chi connectivity index (χ0n) is 35.3. The van der Waals surface area contributed by atoms with E-state index in [1.54, 1.807) is 35.2 Å². The van der Waals surface area contributed by atoms with Crippen molar-refractivity contribution in [1.29, 1.82) is 0 Å². The van der Waals surface area contributed by atoms with Crippen molar-refractivity contribution in [2.45, 2.75) is 45.1 Å². The molecule has 65 heavy (non-hydrogen) atoms. The first kappa shape index (κ1) is 44.9. The summed E-state index contributed by atoms with van der Waals surface area (Å²) < 4.78 is 89.1. The molecule has 0 bridgehead atoms. The number of aromatic nitrogens is 4. The summed E-state index contributed by atoms with van der Waals surface area (Å²) in [5, 5.41) is 5.28. The van der Waals surface area contributed by atoms with Gasteiger partial charge in [-0.05, 0) is 55.5 Å². The van der Waals surface area contributed by atoms with Crippen LogP contribution in [0.25, 0.3) is 22.2 Å². The molecule has 342 valence electrons. The molecule has 3 fully saturated rings. The van der Waals surface area contributed by atoms with Crippen molar-refractivity contribution >= 4 is 67.8 Å². The predicted molar refractivity (Wildman–Crippen MR) is 232 cm³/mol. The Morgan fingerprint density at radius 1 is 0.862 bits per heavy atom. The van der Waals surface area contributed by atoms with E-state index in [4.69, 9.17) is 0 Å². The van der Waals surface area contributed by atoms with Crippen LogP contribution in [0, 0.1) is 29.2 Å². The molecule has 17 nitrogen and oxygen atoms in total. The lowest BCUT2D eigenvalue weighted by molar-refractivity contribution is -0.134. The molecule has 0 radical (unpaired) electrons. The number of halogens is 4. The van der Waals surface area contributed by atoms with Crippen LogP contribution in [0.2, 0.25) is 0 Å². The number of fused-ring (bicyclic) bond motifs is 1. The summed E-state index contributed by atoms with van der Waals surface area (Å²) in [4.78, 5) is 72.2. The molecule has 22 heteroatoms. The first-order chi connectivity index (χ1) is 31.1. The minimum absolute atomic E-state index is 0.00583. The van der Waals surface area contributed by atoms with Crippen LogP contribution in [0.4, 0.5) is 40.6 Å². The van der Waals surface area contributed by atoms with Gasteiger partial charge in [-0.15, -0.1) is 0 Å². The maximum Gasteiger partial charge on any atom is 0.301 e. The fraction of sp³-hybridized carbons (Fsp3) is 0.372. The number of hydrogen-bond acceptors (Lipinski definition) is 12. The van der Waals surface area contributed by atoms with Gasteiger partial charge in [0, 0.05) is 118 Å². The van der Waals surface area contributed by atoms with E-state index in [2.05, 4.69) is 35.3 Å². The summed E-state index contributed by atoms with van der Waals surface area (Å²) >= 11 is 0. The zero-order valence-corrected chi connectivity index (χ0v) is 36.2. The molecule has 3 aromatic heterocycles. The Kier molecular flexibility index (Phi) is 12.7. The van der Waals surface area contributed by atoms with Crippen LogP contribution in [-0.4, -0.2) is 120 Å². The third-order valence-electron chi connectivity index (χ3n) is 12.1. The van der Waals surface area contributed by atoms with Crippen molar-refractivity contribution in [2.24, 2.45) is 5.92 Å². The predicted octanol–water partition coefficient (Wildman–Crippen LogP) is 4.59. The van der Waals surface area contributed by atoms with Crippen LogP contribution < -0.4 is 25.2 Å². The molecule has 8 rings (SSSR count). The monoisotopic (exact) mass is 919 g/mol. The minimum atomic E-state index is -4.17. The number of anilines is 4. The van der Waals surface area contributed by atoms with E-state index < -0.39 is 62.5 Å². The van der Waals surface area contributed by atoms with Crippen molar-refractivity contribution in [3.63, 3.8) is 0 Å². The lowest BCUT2D eigenvalue weighted by Crippen LogP contribution is -2.49. The number of carbonyl (C=O) groups excluding carboxylic acids is 4. The van der Waals surface area contributed by atoms with E-state index in [9.17, 15) is 27.6 Å². The van der Waals surface area contributed by atoms with Crippen LogP contribution in [0.1, 0.15) is 54.9 Å². The second kappa shape index (κ2) is 18.4. The van der Waals surface area contributed by atoms with E-state index in [0.29, 0.717) is 75.6 Å². The van der Waals surface area contributed by atoms with Crippen molar-refractivity contribution in [2.75, 3.05) is 72.7 Å². The zero-order chi connectivity index (χ0) is 46.2. The molecule has 3 saturated heterocycles. The first-order valence-electron chi connectivity index (χ1n) is 21.0. The molecule has 6 heterocycles. The first-order valence-corrected chi connectivity index (χ1v) is 22.5. The fourth-order valence-electron chi connectivity index (χ4n) is 8.22. The number of rotatable bonds is 13. The summed E-state index contributed by atoms with van der Waals surface area (Å²) in [6, 6.07) is 4.83. The van der Waals surface area contributed by atoms with Crippen LogP contribution in [-0.2, 0) is 24.6 Å². The Hall–Kier alpha value is -6.68. The lowest BCUT2D eigenvalue weighted by Gasteiger charge is -2.37. The van der Waals surface area contributed by atoms with Gasteiger partial charge < -0.3 is 25.0 Å². The number of ketones is 1. The molecule has 5 aromatic rings. The smallest absolute Gasteiger partial charge is 0.301 e. The molecule has 3 aliphatic heterocycles. The molecule has 1 atom stereocenters. The minimum Gasteiger partial charge on any atom is -0.373 e. The van der Waals surface area contributed by atoms with E-state index in [1.165, 1.54) is 19.4 Å². The molecule has 2 aromatic carbocycles. The molecule has 3 amide bonds. The van der Waals surface area contributed by atoms with Crippen LogP contribution in [0.5, 0.6) is 0 Å². The number of aromatic amines is 1. The molecule has 0 spiro atoms. The van der Waals surface area contributed by atoms with Crippen molar-refractivity contribution in [3.8, 4) is 11.1 Å². The van der Waals surface area contributed by atoms with E-state index in [0.717, 1.165) is 28.6 Å². The lowest BCUT2D eigenvalue weighted by atomic mass is 9.92. The van der Waals surface area contributed by atoms with Gasteiger partial charge in [0.25, 0.3) is 0 Å². The maximum absolute atomic E-state index is 15.6. The number of hydrogen-bond donors (Lipinski definition) is 4. The summed E-state index contributed by atoms with van der Waals surface area (Å²) in [7, 11) is -2.89. The van der Waals surface area contributed by atoms with Crippen molar-refractivity contribution in [1.82, 2.24) is 34.5 Å². The SMILES string of the molecule is CCN(C)S(=O)(=O)Nc1ccc(F)c(C(=O)c2c[nH]c3ncc(-c4cnc(N5CCN(C(=O)CC6CCN(c7c(F)cc(NC8CCC(=O)NC8=O)cc7F)CC6)CC5)nc4)cc23)c1F. The third kappa shape index (κ3) is 9.44. The molecular weight excluding hydrogens is 875 g/mol. The van der Waals surface area contributed by atoms with E-state index in [-0.39, 0.29) is 65.1 Å². The Bertz CT molecular complexity index is 2760. The van der Waals surface area contributed by atoms with E-state index in [1.807, 2.05) is 4.90 Å². The Labute approximate surface area is 370 Å². The van der Waals surface area contributed by atoms with Gasteiger partial charge in [-0.1, -0.05) is 6.92 Å². The molecular formula is C43H45F4N11O6S. The van der Waals surface area contributed by atoms with Gasteiger partial charge in [0.2, 0.25) is 29.5 Å². The van der Waals surface area contributed by atoms with E-state index >= 15 is 17.6 Å². The van der Waals surface area contributed by atoms with Gasteiger partial charge in [-0.25, -0.2) is 32.5 Å². The highest BCUT2D eigenvalue weighted by atomic mass is 32.2. The average molecular weight is 920 g/mol. The van der Waals surface area contributed by atoms with Gasteiger partial charge in [-0.2, -0.15) is 12.7 Å². The number of carbonyl (C=O) groups is 4. The number of amides is 3. The normalized spacial score (nSPS) is 17.5. The number of nitrogens with one attached hydrogen (secondary N) is 4. The van der Waals surface area contributed by atoms with Gasteiger partial charge in [0.1, 0.15) is 23.2 Å². The van der Waals surface area contributed by atoms with Gasteiger partial charge >= 0.3 is 10.2 Å². The highest BCUT2D eigenvalue weighted by Gasteiger charge is 2.31. The quantitative estimate of drug-likeness (QED) is 0.0728. The standard InChI is InChI=1S/C43H45F4N11O6S/c1-3-55(2)65(63,64)54-33-5-4-30(44)37(38(33)47)40(61)29-23-49-41-28(29)17-25(20-48-41)26-21-50-43(51-22-26)58-14-12-56(13-15-58)36(60)16-24-8-10-57(11-9-24)39-31(45)18-27(19-32(39)46)52-34-6-7-35(59)53-42(34)62/h4-5,17-24,34,52,54H,3,6-16H2,1-2H3,(H,48,49)(H,53,59,62). The Morgan fingerprint density at radius 2 is 1.54 bits per heavy atom. The number of benzene rings is 2. The van der Waals surface area contributed by atoms with Crippen molar-refractivity contribution < 1.29 is 45.2 Å². The van der Waals surface area contributed by atoms with Crippen LogP contribution in [0.15, 0.2) is 55.1 Å². The fourth-order valence-corrected chi connectivity index (χ4v) is 9.15. The number of H-pyrrole nitrogens is 1. The number of pyridine rings is 1. The summed E-state index contributed by atoms with van der Waals surface area (Å²) in [5.74, 6) is -5.57. The van der Waals surface area contributed by atoms with Gasteiger partial charge in [-0.3, -0.25) is 29.2 Å². The van der Waals surface area contributed by atoms with Crippen LogP contribution in [0.3, 0.4) is 0 Å². The average Bonchev–Trinajstić information content (AvgIpc) is 3.72. The number of imide groups is 1. The van der Waals surface area contributed by atoms with Gasteiger partial charge in [0.15, 0.2) is 17.5 Å². The largest absolute Gasteiger partial charge is 0.373 e. The number of nitrogens with zero attached hydrogens (tertiary/aromatic N) is 7. The topological polar surface area (TPSA) is 206 Å². The van der Waals surface area contributed by atoms with Crippen LogP contribution >= 0.6 is 0 Å². The maximum atomic E-state index is 15.6. The highest BCUT2D eigenvalue weighted by molar-refractivity contribution is 7.90. The van der Waals surface area contributed by atoms with Crippen molar-refractivity contribution in [3.05, 3.63) is 89.5 Å². The Balaban J connectivity index is 0.845. The summed E-state index contributed by atoms with van der Waals surface area (Å²) in [5.41, 5.74) is -0.353. The molecule has 0 aliphatic carbocycles. The number of piperazine rings is 1. The molecule has 3 aliphatic rings. The third-order valence-corrected chi connectivity index (χ3v) is 13.6.